The summed E-state index contributed by atoms with van der Waals surface area (Å²) < 4.78 is 0. The third kappa shape index (κ3) is 7.40. The zero-order valence-corrected chi connectivity index (χ0v) is 13.0. The Morgan fingerprint density at radius 2 is 1.26 bits per heavy atom. The van der Waals surface area contributed by atoms with Crippen LogP contribution in [0.4, 0.5) is 0 Å². The van der Waals surface area contributed by atoms with E-state index in [2.05, 4.69) is 44.2 Å². The molecule has 1 rings (SSSR count). The van der Waals surface area contributed by atoms with Crippen LogP contribution in [-0.2, 0) is 0 Å². The van der Waals surface area contributed by atoms with Gasteiger partial charge < -0.3 is 0 Å². The molecule has 0 saturated heterocycles. The fourth-order valence-electron chi connectivity index (χ4n) is 2.82. The van der Waals surface area contributed by atoms with Crippen molar-refractivity contribution >= 4 is 0 Å². The van der Waals surface area contributed by atoms with Gasteiger partial charge in [-0.3, -0.25) is 0 Å². The lowest BCUT2D eigenvalue weighted by Crippen LogP contribution is -1.99. The highest BCUT2D eigenvalue weighted by atomic mass is 14.1. The molecule has 19 heavy (non-hydrogen) atoms. The van der Waals surface area contributed by atoms with Crippen molar-refractivity contribution in [1.82, 2.24) is 0 Å². The summed E-state index contributed by atoms with van der Waals surface area (Å²) in [5, 5.41) is 0. The summed E-state index contributed by atoms with van der Waals surface area (Å²) in [5.41, 5.74) is 1.56. The second-order valence-electron chi connectivity index (χ2n) is 5.81. The summed E-state index contributed by atoms with van der Waals surface area (Å²) in [6, 6.07) is 11.1. The van der Waals surface area contributed by atoms with Gasteiger partial charge in [0.2, 0.25) is 0 Å². The van der Waals surface area contributed by atoms with Crippen LogP contribution in [0.5, 0.6) is 0 Å². The van der Waals surface area contributed by atoms with E-state index in [1.54, 1.807) is 5.56 Å². The molecule has 0 aromatic heterocycles. The molecular formula is C19H32. The van der Waals surface area contributed by atoms with Gasteiger partial charge in [0, 0.05) is 0 Å². The van der Waals surface area contributed by atoms with Crippen molar-refractivity contribution in [3.63, 3.8) is 0 Å². The first-order chi connectivity index (χ1) is 9.38. The third-order valence-corrected chi connectivity index (χ3v) is 4.08. The van der Waals surface area contributed by atoms with Gasteiger partial charge in [-0.1, -0.05) is 95.5 Å². The molecule has 0 heterocycles. The van der Waals surface area contributed by atoms with Gasteiger partial charge in [0.15, 0.2) is 0 Å². The molecule has 0 radical (unpaired) electrons. The van der Waals surface area contributed by atoms with Crippen molar-refractivity contribution < 1.29 is 0 Å². The molecule has 0 spiro atoms. The fraction of sp³-hybridized carbons (Fsp3) is 0.684. The Labute approximate surface area is 120 Å². The normalized spacial score (nSPS) is 12.5. The average Bonchev–Trinajstić information content (AvgIpc) is 2.46. The fourth-order valence-corrected chi connectivity index (χ4v) is 2.82. The molecule has 1 atom stereocenters. The Morgan fingerprint density at radius 1 is 0.684 bits per heavy atom. The van der Waals surface area contributed by atoms with Crippen molar-refractivity contribution in [3.8, 4) is 0 Å². The van der Waals surface area contributed by atoms with Crippen LogP contribution in [-0.4, -0.2) is 0 Å². The van der Waals surface area contributed by atoms with Gasteiger partial charge in [-0.15, -0.1) is 0 Å². The number of unbranched alkanes of at least 4 members (excludes halogenated alkanes) is 6. The second-order valence-corrected chi connectivity index (χ2v) is 5.81. The molecule has 0 bridgehead atoms. The van der Waals surface area contributed by atoms with E-state index in [4.69, 9.17) is 0 Å². The molecule has 108 valence electrons. The highest BCUT2D eigenvalue weighted by molar-refractivity contribution is 5.19. The van der Waals surface area contributed by atoms with E-state index >= 15 is 0 Å². The van der Waals surface area contributed by atoms with Crippen LogP contribution in [0.25, 0.3) is 0 Å². The number of benzene rings is 1. The van der Waals surface area contributed by atoms with Gasteiger partial charge in [-0.2, -0.15) is 0 Å². The van der Waals surface area contributed by atoms with Crippen LogP contribution < -0.4 is 0 Å². The molecule has 0 fully saturated rings. The average molecular weight is 260 g/mol. The maximum Gasteiger partial charge on any atom is -0.0162 e. The van der Waals surface area contributed by atoms with Crippen molar-refractivity contribution in [2.24, 2.45) is 0 Å². The van der Waals surface area contributed by atoms with Gasteiger partial charge in [0.1, 0.15) is 0 Å². The van der Waals surface area contributed by atoms with E-state index in [1.807, 2.05) is 0 Å². The molecule has 1 aromatic rings. The molecular weight excluding hydrogens is 228 g/mol. The van der Waals surface area contributed by atoms with Crippen molar-refractivity contribution in [3.05, 3.63) is 35.9 Å². The van der Waals surface area contributed by atoms with Crippen molar-refractivity contribution in [2.45, 2.75) is 84.0 Å². The molecule has 0 aliphatic rings. The van der Waals surface area contributed by atoms with Crippen LogP contribution in [0.3, 0.4) is 0 Å². The van der Waals surface area contributed by atoms with E-state index in [-0.39, 0.29) is 0 Å². The summed E-state index contributed by atoms with van der Waals surface area (Å²) in [5.74, 6) is 0.798. The molecule has 0 heteroatoms. The topological polar surface area (TPSA) is 0 Å². The molecule has 0 aliphatic heterocycles. The summed E-state index contributed by atoms with van der Waals surface area (Å²) >= 11 is 0. The molecule has 1 aromatic carbocycles. The Hall–Kier alpha value is -0.780. The number of hydrogen-bond acceptors (Lipinski definition) is 0. The maximum absolute atomic E-state index is 2.32. The molecule has 0 nitrogen and oxygen atoms in total. The zero-order valence-electron chi connectivity index (χ0n) is 13.0. The number of rotatable bonds is 11. The molecule has 0 amide bonds. The van der Waals surface area contributed by atoms with Gasteiger partial charge in [-0.25, -0.2) is 0 Å². The quantitative estimate of drug-likeness (QED) is 0.388. The monoisotopic (exact) mass is 260 g/mol. The first-order valence-electron chi connectivity index (χ1n) is 8.43. The second kappa shape index (κ2) is 11.1. The van der Waals surface area contributed by atoms with E-state index in [1.165, 1.54) is 64.2 Å². The highest BCUT2D eigenvalue weighted by Gasteiger charge is 2.10. The largest absolute Gasteiger partial charge is 0.0654 e. The van der Waals surface area contributed by atoms with Crippen LogP contribution in [0.1, 0.15) is 89.5 Å². The summed E-state index contributed by atoms with van der Waals surface area (Å²) in [4.78, 5) is 0. The Morgan fingerprint density at radius 3 is 1.95 bits per heavy atom. The molecule has 0 aliphatic carbocycles. The smallest absolute Gasteiger partial charge is 0.0162 e. The van der Waals surface area contributed by atoms with Crippen LogP contribution in [0, 0.1) is 0 Å². The minimum Gasteiger partial charge on any atom is -0.0654 e. The number of hydrogen-bond donors (Lipinski definition) is 0. The van der Waals surface area contributed by atoms with Crippen LogP contribution in [0.2, 0.25) is 0 Å². The van der Waals surface area contributed by atoms with Gasteiger partial charge >= 0.3 is 0 Å². The van der Waals surface area contributed by atoms with E-state index in [0.29, 0.717) is 0 Å². The third-order valence-electron chi connectivity index (χ3n) is 4.08. The SMILES string of the molecule is CCCCCCCC[C@H](CCCC)c1ccccc1. The summed E-state index contributed by atoms with van der Waals surface area (Å²) in [7, 11) is 0. The van der Waals surface area contributed by atoms with E-state index in [9.17, 15) is 0 Å². The van der Waals surface area contributed by atoms with Crippen LogP contribution in [0.15, 0.2) is 30.3 Å². The summed E-state index contributed by atoms with van der Waals surface area (Å²) in [6.07, 6.45) is 13.9. The molecule has 0 saturated carbocycles. The lowest BCUT2D eigenvalue weighted by Gasteiger charge is -2.17. The van der Waals surface area contributed by atoms with Gasteiger partial charge in [0.25, 0.3) is 0 Å². The molecule has 0 unspecified atom stereocenters. The Kier molecular flexibility index (Phi) is 9.49. The standard InChI is InChI=1S/C19H32/c1-3-5-7-8-9-11-15-18(14-6-4-2)19-16-12-10-13-17-19/h10,12-13,16-18H,3-9,11,14-15H2,1-2H3/t18-/m0/s1. The van der Waals surface area contributed by atoms with Crippen molar-refractivity contribution in [1.29, 1.82) is 0 Å². The lowest BCUT2D eigenvalue weighted by atomic mass is 9.88. The van der Waals surface area contributed by atoms with E-state index < -0.39 is 0 Å². The Bertz CT molecular complexity index is 288. The maximum atomic E-state index is 2.32. The zero-order chi connectivity index (χ0) is 13.8. The Balaban J connectivity index is 2.30. The van der Waals surface area contributed by atoms with E-state index in [0.717, 1.165) is 5.92 Å². The predicted octanol–water partition coefficient (Wildman–Crippen LogP) is 6.71. The minimum atomic E-state index is 0.798. The lowest BCUT2D eigenvalue weighted by molar-refractivity contribution is 0.502. The van der Waals surface area contributed by atoms with Gasteiger partial charge in [-0.05, 0) is 24.3 Å². The van der Waals surface area contributed by atoms with Crippen molar-refractivity contribution in [2.75, 3.05) is 0 Å². The van der Waals surface area contributed by atoms with Crippen LogP contribution >= 0.6 is 0 Å². The van der Waals surface area contributed by atoms with Gasteiger partial charge in [0.05, 0.1) is 0 Å². The molecule has 0 N–H and O–H groups in total. The summed E-state index contributed by atoms with van der Waals surface area (Å²) in [6.45, 7) is 4.59. The predicted molar refractivity (Wildman–Crippen MR) is 86.7 cm³/mol. The highest BCUT2D eigenvalue weighted by Crippen LogP contribution is 2.27. The first-order valence-corrected chi connectivity index (χ1v) is 8.43. The first kappa shape index (κ1) is 16.3. The minimum absolute atomic E-state index is 0.798.